The first-order valence-electron chi connectivity index (χ1n) is 0.374. The van der Waals surface area contributed by atoms with Crippen LogP contribution in [0.5, 0.6) is 0 Å². The third-order valence-electron chi connectivity index (χ3n) is 0. The Balaban J connectivity index is 0. The van der Waals surface area contributed by atoms with Gasteiger partial charge in [-0.2, -0.15) is 0 Å². The second-order valence-corrected chi connectivity index (χ2v) is 0.278. The number of hydrogen-bond acceptors (Lipinski definition) is 1. The monoisotopic (exact) mass is 148 g/mol. The summed E-state index contributed by atoms with van der Waals surface area (Å²) in [6, 6.07) is 0. The van der Waals surface area contributed by atoms with Gasteiger partial charge < -0.3 is 0 Å². The normalized spacial score (nSPS) is 2.25. The van der Waals surface area contributed by atoms with Gasteiger partial charge in [0.1, 0.15) is 0 Å². The molecule has 0 aliphatic carbocycles. The molecule has 0 fully saturated rings. The predicted molar refractivity (Wildman–Crippen MR) is 5.61 cm³/mol. The van der Waals surface area contributed by atoms with E-state index >= 15 is 0 Å². The van der Waals surface area contributed by atoms with Gasteiger partial charge >= 0.3 is 26.2 Å². The second kappa shape index (κ2) is 9.68. The van der Waals surface area contributed by atoms with Crippen LogP contribution < -0.4 is 0 Å². The van der Waals surface area contributed by atoms with Gasteiger partial charge in [0.2, 0.25) is 0 Å². The molecule has 29 valence electrons. The Bertz CT molecular complexity index is 29.5. The minimum absolute atomic E-state index is 0. The summed E-state index contributed by atoms with van der Waals surface area (Å²) in [6.07, 6.45) is 0. The smallest absolute Gasteiger partial charge is 0 e. The Hall–Kier alpha value is 0.516. The molecule has 0 N–H and O–H groups in total. The molecule has 3 heteroatoms. The topological polar surface area (TPSA) is 23.8 Å². The van der Waals surface area contributed by atoms with E-state index in [1.165, 1.54) is 4.97 Å². The Morgan fingerprint density at radius 3 is 1.75 bits per heavy atom. The summed E-state index contributed by atoms with van der Waals surface area (Å²) in [6.45, 7) is 0. The molecule has 0 bridgehead atoms. The quantitative estimate of drug-likeness (QED) is 0.444. The van der Waals surface area contributed by atoms with E-state index in [1.54, 1.807) is 0 Å². The van der Waals surface area contributed by atoms with E-state index in [0.717, 1.165) is 0 Å². The van der Waals surface area contributed by atoms with Crippen LogP contribution in [0.25, 0.3) is 0 Å². The van der Waals surface area contributed by atoms with Gasteiger partial charge in [0.25, 0.3) is 0 Å². The van der Waals surface area contributed by atoms with E-state index in [9.17, 15) is 0 Å². The average molecular weight is 148 g/mol. The molecule has 0 rings (SSSR count). The number of hydrogen-bond donors (Lipinski definition) is 0. The molecule has 4 heavy (non-hydrogen) atoms. The molecule has 0 aliphatic rings. The van der Waals surface area contributed by atoms with Crippen LogP contribution in [0.1, 0.15) is 0 Å². The first kappa shape index (κ1) is 8.82. The predicted octanol–water partition coefficient (Wildman–Crippen LogP) is 0.0118. The largest absolute Gasteiger partial charge is 0 e. The summed E-state index contributed by atoms with van der Waals surface area (Å²) in [5.74, 6) is 0. The summed E-state index contributed by atoms with van der Waals surface area (Å²) >= 11 is 3.81. The third kappa shape index (κ3) is 21.7. The van der Waals surface area contributed by atoms with E-state index in [2.05, 4.69) is 16.0 Å². The summed E-state index contributed by atoms with van der Waals surface area (Å²) in [5.41, 5.74) is 0. The number of rotatable bonds is 0. The third-order valence-corrected chi connectivity index (χ3v) is 0. The zero-order chi connectivity index (χ0) is 2.71. The van der Waals surface area contributed by atoms with Gasteiger partial charge in [-0.05, 0) is 0 Å². The maximum atomic E-state index is 7.12. The zero-order valence-corrected chi connectivity index (χ0v) is 3.56. The first-order chi connectivity index (χ1) is 1.41. The fourth-order valence-corrected chi connectivity index (χ4v) is 0. The fraction of sp³-hybridized carbons (Fsp3) is 0. The molecular formula is CCoCuN. The summed E-state index contributed by atoms with van der Waals surface area (Å²) in [4.78, 5) is 1.31. The Morgan fingerprint density at radius 2 is 1.75 bits per heavy atom. The van der Waals surface area contributed by atoms with Crippen LogP contribution in [0.2, 0.25) is 0 Å². The summed E-state index contributed by atoms with van der Waals surface area (Å²) in [5, 5.41) is 7.12. The minimum Gasteiger partial charge on any atom is 0 e. The molecule has 0 aromatic carbocycles. The first-order valence-corrected chi connectivity index (χ1v) is 0.845. The van der Waals surface area contributed by atoms with Gasteiger partial charge in [-0.1, -0.05) is 0 Å². The molecule has 0 heterocycles. The van der Waals surface area contributed by atoms with Gasteiger partial charge in [0.15, 0.2) is 0 Å². The molecule has 1 nitrogen and oxygen atoms in total. The average Bonchev–Trinajstić information content (AvgIpc) is 0.918. The summed E-state index contributed by atoms with van der Waals surface area (Å²) < 4.78 is 0. The molecule has 1 radical (unpaired) electrons. The van der Waals surface area contributed by atoms with Crippen molar-refractivity contribution in [3.63, 3.8) is 0 Å². The SMILES string of the molecule is N#[C][Cu].[Co]. The molecule has 0 unspecified atom stereocenters. The molecule has 0 saturated carbocycles. The van der Waals surface area contributed by atoms with Crippen molar-refractivity contribution in [3.05, 3.63) is 0 Å². The molecule has 0 aromatic rings. The Kier molecular flexibility index (Phi) is 21.4. The molecule has 0 saturated heterocycles. The van der Waals surface area contributed by atoms with Crippen LogP contribution in [0.15, 0.2) is 0 Å². The van der Waals surface area contributed by atoms with Crippen molar-refractivity contribution in [2.75, 3.05) is 0 Å². The fourth-order valence-electron chi connectivity index (χ4n) is 0. The maximum Gasteiger partial charge on any atom is 0 e. The minimum atomic E-state index is 0. The Labute approximate surface area is 43.4 Å². The van der Waals surface area contributed by atoms with E-state index in [1.807, 2.05) is 0 Å². The van der Waals surface area contributed by atoms with Crippen LogP contribution in [-0.2, 0) is 32.8 Å². The van der Waals surface area contributed by atoms with Crippen molar-refractivity contribution in [1.29, 1.82) is 5.26 Å². The van der Waals surface area contributed by atoms with Gasteiger partial charge in [-0.15, -0.1) is 0 Å². The van der Waals surface area contributed by atoms with Crippen molar-refractivity contribution >= 4 is 0 Å². The van der Waals surface area contributed by atoms with Crippen LogP contribution in [0.4, 0.5) is 0 Å². The second-order valence-electron chi connectivity index (χ2n) is 0.0674. The van der Waals surface area contributed by atoms with Gasteiger partial charge in [0, 0.05) is 16.8 Å². The van der Waals surface area contributed by atoms with Crippen LogP contribution in [-0.4, -0.2) is 0 Å². The molecule has 0 spiro atoms. The van der Waals surface area contributed by atoms with E-state index in [-0.39, 0.29) is 16.8 Å². The van der Waals surface area contributed by atoms with E-state index < -0.39 is 0 Å². The van der Waals surface area contributed by atoms with Crippen LogP contribution in [0, 0.1) is 10.2 Å². The van der Waals surface area contributed by atoms with Gasteiger partial charge in [0.05, 0.1) is 0 Å². The van der Waals surface area contributed by atoms with Crippen molar-refractivity contribution in [2.24, 2.45) is 0 Å². The zero-order valence-electron chi connectivity index (χ0n) is 1.58. The van der Waals surface area contributed by atoms with Gasteiger partial charge in [-0.25, -0.2) is 0 Å². The van der Waals surface area contributed by atoms with Crippen molar-refractivity contribution in [1.82, 2.24) is 0 Å². The van der Waals surface area contributed by atoms with Gasteiger partial charge in [-0.3, -0.25) is 0 Å². The van der Waals surface area contributed by atoms with Crippen LogP contribution in [0.3, 0.4) is 0 Å². The molecule has 0 atom stereocenters. The van der Waals surface area contributed by atoms with E-state index in [0.29, 0.717) is 0 Å². The standard InChI is InChI=1S/CN.Co.Cu/c1-2;;. The maximum absolute atomic E-state index is 7.12. The number of nitriles is 1. The molecule has 0 amide bonds. The summed E-state index contributed by atoms with van der Waals surface area (Å²) in [7, 11) is 0. The molecular weight excluding hydrogens is 148 g/mol. The Morgan fingerprint density at radius 1 is 1.75 bits per heavy atom. The molecule has 0 aliphatic heterocycles. The van der Waals surface area contributed by atoms with E-state index in [4.69, 9.17) is 5.26 Å². The number of nitrogens with zero attached hydrogens (tertiary/aromatic N) is 1. The molecule has 0 aromatic heterocycles. The van der Waals surface area contributed by atoms with Crippen molar-refractivity contribution < 1.29 is 32.8 Å². The van der Waals surface area contributed by atoms with Crippen LogP contribution >= 0.6 is 0 Å². The van der Waals surface area contributed by atoms with Crippen molar-refractivity contribution in [3.8, 4) is 4.97 Å². The van der Waals surface area contributed by atoms with Crippen molar-refractivity contribution in [2.45, 2.75) is 0 Å².